The molecule has 150 valence electrons. The van der Waals surface area contributed by atoms with Crippen molar-refractivity contribution in [3.05, 3.63) is 29.9 Å². The highest BCUT2D eigenvalue weighted by Gasteiger charge is 2.45. The maximum atomic E-state index is 12.4. The van der Waals surface area contributed by atoms with Crippen LogP contribution in [0.3, 0.4) is 0 Å². The van der Waals surface area contributed by atoms with Crippen molar-refractivity contribution in [2.24, 2.45) is 18.4 Å². The van der Waals surface area contributed by atoms with E-state index in [0.717, 1.165) is 31.8 Å². The highest BCUT2D eigenvalue weighted by Crippen LogP contribution is 2.45. The maximum absolute atomic E-state index is 12.4. The van der Waals surface area contributed by atoms with Crippen LogP contribution in [0.5, 0.6) is 0 Å². The smallest absolute Gasteiger partial charge is 0.240 e. The van der Waals surface area contributed by atoms with Gasteiger partial charge in [0, 0.05) is 55.8 Å². The van der Waals surface area contributed by atoms with Gasteiger partial charge in [-0.05, 0) is 31.6 Å². The number of carbonyl (C=O) groups excluding carboxylic acids is 1. The van der Waals surface area contributed by atoms with Gasteiger partial charge in [0.1, 0.15) is 0 Å². The van der Waals surface area contributed by atoms with Crippen LogP contribution in [0.25, 0.3) is 0 Å². The number of likely N-dealkylation sites (tertiary alicyclic amines) is 1. The van der Waals surface area contributed by atoms with Gasteiger partial charge in [-0.15, -0.1) is 0 Å². The standard InChI is InChI=1S/C20H28N6O2/c1-20(5-6-20)19(27)22-7-14-9-26(10-15(14)16-8-21-12-25(16)2)11-17-23-18(24-28-17)13-3-4-13/h8,12-15H,3-7,9-11H2,1-2H3,(H,22,27)/t14-,15-/m1/s1. The summed E-state index contributed by atoms with van der Waals surface area (Å²) in [5.41, 5.74) is 1.08. The van der Waals surface area contributed by atoms with Crippen LogP contribution in [-0.4, -0.2) is 50.1 Å². The minimum absolute atomic E-state index is 0.136. The van der Waals surface area contributed by atoms with Crippen molar-refractivity contribution in [1.82, 2.24) is 29.9 Å². The maximum Gasteiger partial charge on any atom is 0.240 e. The van der Waals surface area contributed by atoms with Crippen LogP contribution in [0.2, 0.25) is 0 Å². The molecule has 0 unspecified atom stereocenters. The van der Waals surface area contributed by atoms with E-state index in [4.69, 9.17) is 4.52 Å². The molecule has 0 spiro atoms. The molecule has 0 aromatic carbocycles. The first-order valence-electron chi connectivity index (χ1n) is 10.3. The van der Waals surface area contributed by atoms with E-state index in [9.17, 15) is 4.79 Å². The van der Waals surface area contributed by atoms with Crippen molar-refractivity contribution in [2.45, 2.75) is 51.0 Å². The van der Waals surface area contributed by atoms with Crippen LogP contribution in [-0.2, 0) is 18.4 Å². The average Bonchev–Trinajstić information content (AvgIpc) is 3.52. The Balaban J connectivity index is 1.27. The molecular weight excluding hydrogens is 356 g/mol. The van der Waals surface area contributed by atoms with Crippen molar-refractivity contribution in [3.63, 3.8) is 0 Å². The Kier molecular flexibility index (Phi) is 4.26. The van der Waals surface area contributed by atoms with E-state index in [1.165, 1.54) is 18.5 Å². The molecular formula is C20H28N6O2. The molecule has 1 saturated heterocycles. The summed E-state index contributed by atoms with van der Waals surface area (Å²) in [5.74, 6) is 2.92. The lowest BCUT2D eigenvalue weighted by Gasteiger charge is -2.20. The number of amides is 1. The third-order valence-electron chi connectivity index (χ3n) is 6.61. The van der Waals surface area contributed by atoms with Crippen LogP contribution < -0.4 is 5.32 Å². The fraction of sp³-hybridized carbons (Fsp3) is 0.700. The van der Waals surface area contributed by atoms with Gasteiger partial charge in [-0.1, -0.05) is 12.1 Å². The van der Waals surface area contributed by atoms with E-state index < -0.39 is 0 Å². The molecule has 28 heavy (non-hydrogen) atoms. The summed E-state index contributed by atoms with van der Waals surface area (Å²) in [4.78, 5) is 23.6. The largest absolute Gasteiger partial charge is 0.355 e. The zero-order valence-corrected chi connectivity index (χ0v) is 16.6. The van der Waals surface area contributed by atoms with E-state index in [-0.39, 0.29) is 11.3 Å². The summed E-state index contributed by atoms with van der Waals surface area (Å²) >= 11 is 0. The van der Waals surface area contributed by atoms with Gasteiger partial charge < -0.3 is 14.4 Å². The zero-order valence-electron chi connectivity index (χ0n) is 16.6. The monoisotopic (exact) mass is 384 g/mol. The molecule has 2 aromatic rings. The van der Waals surface area contributed by atoms with Gasteiger partial charge in [0.05, 0.1) is 12.9 Å². The molecule has 2 aliphatic carbocycles. The van der Waals surface area contributed by atoms with Crippen molar-refractivity contribution < 1.29 is 9.32 Å². The van der Waals surface area contributed by atoms with Gasteiger partial charge in [-0.2, -0.15) is 4.98 Å². The number of carbonyl (C=O) groups is 1. The molecule has 2 saturated carbocycles. The van der Waals surface area contributed by atoms with Gasteiger partial charge >= 0.3 is 0 Å². The molecule has 2 atom stereocenters. The number of hydrogen-bond acceptors (Lipinski definition) is 6. The highest BCUT2D eigenvalue weighted by molar-refractivity contribution is 5.84. The van der Waals surface area contributed by atoms with Crippen LogP contribution in [0.1, 0.15) is 61.9 Å². The Morgan fingerprint density at radius 2 is 2.18 bits per heavy atom. The molecule has 1 N–H and O–H groups in total. The number of rotatable bonds is 7. The fourth-order valence-electron chi connectivity index (χ4n) is 4.24. The number of hydrogen-bond donors (Lipinski definition) is 1. The number of nitrogens with zero attached hydrogens (tertiary/aromatic N) is 5. The van der Waals surface area contributed by atoms with Crippen LogP contribution in [0.15, 0.2) is 17.0 Å². The average molecular weight is 384 g/mol. The Hall–Kier alpha value is -2.22. The molecule has 3 aliphatic rings. The lowest BCUT2D eigenvalue weighted by atomic mass is 9.92. The molecule has 2 aromatic heterocycles. The first-order chi connectivity index (χ1) is 13.5. The van der Waals surface area contributed by atoms with E-state index >= 15 is 0 Å². The summed E-state index contributed by atoms with van der Waals surface area (Å²) in [7, 11) is 2.03. The number of aromatic nitrogens is 4. The fourth-order valence-corrected chi connectivity index (χ4v) is 4.24. The van der Waals surface area contributed by atoms with Gasteiger partial charge in [-0.3, -0.25) is 9.69 Å². The van der Waals surface area contributed by atoms with E-state index in [2.05, 4.69) is 36.8 Å². The summed E-state index contributed by atoms with van der Waals surface area (Å²) < 4.78 is 7.56. The summed E-state index contributed by atoms with van der Waals surface area (Å²) in [6.45, 7) is 5.20. The summed E-state index contributed by atoms with van der Waals surface area (Å²) in [6, 6.07) is 0. The predicted molar refractivity (Wildman–Crippen MR) is 101 cm³/mol. The molecule has 1 amide bonds. The molecule has 3 heterocycles. The van der Waals surface area contributed by atoms with Crippen molar-refractivity contribution in [1.29, 1.82) is 0 Å². The third-order valence-corrected chi connectivity index (χ3v) is 6.61. The number of aryl methyl sites for hydroxylation is 1. The predicted octanol–water partition coefficient (Wildman–Crippen LogP) is 1.81. The van der Waals surface area contributed by atoms with E-state index in [0.29, 0.717) is 36.7 Å². The molecule has 0 bridgehead atoms. The first-order valence-corrected chi connectivity index (χ1v) is 10.3. The van der Waals surface area contributed by atoms with Crippen molar-refractivity contribution >= 4 is 5.91 Å². The molecule has 5 rings (SSSR count). The van der Waals surface area contributed by atoms with Gasteiger partial charge in [0.25, 0.3) is 0 Å². The molecule has 3 fully saturated rings. The lowest BCUT2D eigenvalue weighted by Crippen LogP contribution is -2.36. The van der Waals surface area contributed by atoms with Crippen molar-refractivity contribution in [3.8, 4) is 0 Å². The highest BCUT2D eigenvalue weighted by atomic mass is 16.5. The second-order valence-electron chi connectivity index (χ2n) is 9.08. The van der Waals surface area contributed by atoms with Crippen LogP contribution in [0.4, 0.5) is 0 Å². The van der Waals surface area contributed by atoms with Gasteiger partial charge in [-0.25, -0.2) is 4.98 Å². The van der Waals surface area contributed by atoms with E-state index in [1.54, 1.807) is 0 Å². The third kappa shape index (κ3) is 3.45. The van der Waals surface area contributed by atoms with Crippen LogP contribution in [0, 0.1) is 11.3 Å². The Labute approximate surface area is 164 Å². The molecule has 0 radical (unpaired) electrons. The minimum Gasteiger partial charge on any atom is -0.355 e. The summed E-state index contributed by atoms with van der Waals surface area (Å²) in [5, 5.41) is 7.34. The second kappa shape index (κ2) is 6.69. The van der Waals surface area contributed by atoms with Crippen LogP contribution >= 0.6 is 0 Å². The molecule has 8 heteroatoms. The Bertz CT molecular complexity index is 866. The second-order valence-corrected chi connectivity index (χ2v) is 9.08. The Morgan fingerprint density at radius 1 is 1.36 bits per heavy atom. The summed E-state index contributed by atoms with van der Waals surface area (Å²) in [6.07, 6.45) is 8.14. The normalized spacial score (nSPS) is 26.5. The SMILES string of the molecule is Cn1cncc1[C@@H]1CN(Cc2nc(C3CC3)no2)C[C@H]1CNC(=O)C1(C)CC1. The van der Waals surface area contributed by atoms with Gasteiger partial charge in [0.2, 0.25) is 11.8 Å². The first kappa shape index (κ1) is 17.8. The van der Waals surface area contributed by atoms with Crippen molar-refractivity contribution in [2.75, 3.05) is 19.6 Å². The zero-order chi connectivity index (χ0) is 19.3. The number of nitrogens with one attached hydrogen (secondary N) is 1. The topological polar surface area (TPSA) is 89.1 Å². The van der Waals surface area contributed by atoms with E-state index in [1.807, 2.05) is 19.6 Å². The lowest BCUT2D eigenvalue weighted by molar-refractivity contribution is -0.125. The molecule has 1 aliphatic heterocycles. The quantitative estimate of drug-likeness (QED) is 0.783. The molecule has 8 nitrogen and oxygen atoms in total. The van der Waals surface area contributed by atoms with Gasteiger partial charge in [0.15, 0.2) is 5.82 Å². The number of imidazole rings is 1. The Morgan fingerprint density at radius 3 is 2.86 bits per heavy atom. The minimum atomic E-state index is -0.136.